The average molecular weight is 348 g/mol. The highest BCUT2D eigenvalue weighted by molar-refractivity contribution is 7.89. The zero-order valence-corrected chi connectivity index (χ0v) is 13.7. The van der Waals surface area contributed by atoms with E-state index in [1.807, 2.05) is 0 Å². The minimum Gasteiger partial charge on any atom is -0.348 e. The molecule has 24 heavy (non-hydrogen) atoms. The Morgan fingerprint density at radius 1 is 1.21 bits per heavy atom. The molecule has 3 N–H and O–H groups in total. The molecule has 1 amide bonds. The van der Waals surface area contributed by atoms with Crippen molar-refractivity contribution in [1.29, 1.82) is 0 Å². The molecule has 0 aliphatic heterocycles. The molecule has 0 radical (unpaired) electrons. The Labute approximate surface area is 139 Å². The molecule has 2 aromatic rings. The summed E-state index contributed by atoms with van der Waals surface area (Å²) in [7, 11) is -3.89. The number of nitrogens with one attached hydrogen (secondary N) is 1. The van der Waals surface area contributed by atoms with E-state index < -0.39 is 15.9 Å². The normalized spacial score (nSPS) is 13.6. The first-order valence-electron chi connectivity index (χ1n) is 7.56. The van der Waals surface area contributed by atoms with Gasteiger partial charge >= 0.3 is 0 Å². The summed E-state index contributed by atoms with van der Waals surface area (Å²) >= 11 is 0. The van der Waals surface area contributed by atoms with Crippen LogP contribution in [0.3, 0.4) is 0 Å². The molecule has 126 valence electrons. The second-order valence-corrected chi connectivity index (χ2v) is 7.35. The molecular formula is C17H17FN2O3S. The molecule has 0 atom stereocenters. The number of halogens is 1. The smallest absolute Gasteiger partial charge is 0.251 e. The van der Waals surface area contributed by atoms with Gasteiger partial charge in [0.05, 0.1) is 4.90 Å². The number of sulfonamides is 1. The maximum Gasteiger partial charge on any atom is 0.251 e. The first-order chi connectivity index (χ1) is 11.3. The molecule has 0 saturated carbocycles. The first kappa shape index (κ1) is 16.6. The summed E-state index contributed by atoms with van der Waals surface area (Å²) in [6, 6.07) is 8.94. The summed E-state index contributed by atoms with van der Waals surface area (Å²) in [6.45, 7) is 0.151. The zero-order valence-electron chi connectivity index (χ0n) is 12.9. The number of hydrogen-bond acceptors (Lipinski definition) is 3. The summed E-state index contributed by atoms with van der Waals surface area (Å²) in [5, 5.41) is 7.95. The number of rotatable bonds is 4. The number of fused-ring (bicyclic) bond motifs is 1. The van der Waals surface area contributed by atoms with E-state index in [1.165, 1.54) is 18.2 Å². The molecule has 3 rings (SSSR count). The molecule has 0 spiro atoms. The van der Waals surface area contributed by atoms with E-state index in [0.717, 1.165) is 18.4 Å². The van der Waals surface area contributed by atoms with Crippen molar-refractivity contribution in [1.82, 2.24) is 5.32 Å². The van der Waals surface area contributed by atoms with Crippen molar-refractivity contribution in [3.05, 3.63) is 64.5 Å². The third kappa shape index (κ3) is 3.47. The lowest BCUT2D eigenvalue weighted by Gasteiger charge is -2.11. The maximum absolute atomic E-state index is 13.2. The Bertz CT molecular complexity index is 910. The summed E-state index contributed by atoms with van der Waals surface area (Å²) in [5.41, 5.74) is 2.42. The number of amides is 1. The fourth-order valence-electron chi connectivity index (χ4n) is 2.98. The predicted molar refractivity (Wildman–Crippen MR) is 87.4 cm³/mol. The topological polar surface area (TPSA) is 89.3 Å². The van der Waals surface area contributed by atoms with Crippen LogP contribution in [0.4, 0.5) is 4.39 Å². The van der Waals surface area contributed by atoms with Crippen LogP contribution in [0, 0.1) is 5.82 Å². The van der Waals surface area contributed by atoms with Gasteiger partial charge in [0.1, 0.15) is 5.82 Å². The zero-order chi connectivity index (χ0) is 17.3. The van der Waals surface area contributed by atoms with Gasteiger partial charge in [-0.3, -0.25) is 4.79 Å². The third-order valence-corrected chi connectivity index (χ3v) is 5.06. The Hall–Kier alpha value is -2.25. The van der Waals surface area contributed by atoms with E-state index >= 15 is 0 Å². The van der Waals surface area contributed by atoms with Crippen molar-refractivity contribution in [3.8, 4) is 0 Å². The van der Waals surface area contributed by atoms with Gasteiger partial charge in [0.25, 0.3) is 5.91 Å². The molecule has 0 saturated heterocycles. The Morgan fingerprint density at radius 3 is 2.71 bits per heavy atom. The molecule has 1 aliphatic rings. The van der Waals surface area contributed by atoms with Gasteiger partial charge in [0.15, 0.2) is 0 Å². The van der Waals surface area contributed by atoms with Crippen molar-refractivity contribution in [2.24, 2.45) is 5.14 Å². The lowest BCUT2D eigenvalue weighted by molar-refractivity contribution is 0.0950. The SMILES string of the molecule is NS(=O)(=O)c1cc(C(=O)NCc2cccc(F)c2)cc2c1CCC2. The number of carbonyl (C=O) groups excluding carboxylic acids is 1. The minimum atomic E-state index is -3.89. The molecule has 2 aromatic carbocycles. The van der Waals surface area contributed by atoms with Crippen molar-refractivity contribution in [3.63, 3.8) is 0 Å². The predicted octanol–water partition coefficient (Wildman–Crippen LogP) is 1.89. The number of nitrogens with two attached hydrogens (primary N) is 1. The van der Waals surface area contributed by atoms with E-state index in [-0.39, 0.29) is 22.8 Å². The highest BCUT2D eigenvalue weighted by Crippen LogP contribution is 2.29. The van der Waals surface area contributed by atoms with Crippen molar-refractivity contribution in [2.45, 2.75) is 30.7 Å². The molecule has 5 nitrogen and oxygen atoms in total. The monoisotopic (exact) mass is 348 g/mol. The van der Waals surface area contributed by atoms with E-state index in [9.17, 15) is 17.6 Å². The van der Waals surface area contributed by atoms with E-state index in [4.69, 9.17) is 5.14 Å². The summed E-state index contributed by atoms with van der Waals surface area (Å²) in [4.78, 5) is 12.4. The average Bonchev–Trinajstić information content (AvgIpc) is 2.99. The van der Waals surface area contributed by atoms with E-state index in [1.54, 1.807) is 18.2 Å². The maximum atomic E-state index is 13.2. The standard InChI is InChI=1S/C17H17FN2O3S/c18-14-5-1-3-11(7-14)10-20-17(21)13-8-12-4-2-6-15(12)16(9-13)24(19,22)23/h1,3,5,7-9H,2,4,6,10H2,(H,20,21)(H2,19,22,23). The molecule has 0 fully saturated rings. The van der Waals surface area contributed by atoms with E-state index in [2.05, 4.69) is 5.32 Å². The second kappa shape index (κ2) is 6.33. The van der Waals surface area contributed by atoms with Gasteiger partial charge in [0.2, 0.25) is 10.0 Å². The van der Waals surface area contributed by atoms with Crippen LogP contribution in [0.2, 0.25) is 0 Å². The Balaban J connectivity index is 1.85. The van der Waals surface area contributed by atoms with Gasteiger partial charge in [-0.15, -0.1) is 0 Å². The molecule has 0 unspecified atom stereocenters. The molecule has 1 aliphatic carbocycles. The molecule has 0 bridgehead atoms. The van der Waals surface area contributed by atoms with Gasteiger partial charge in [-0.25, -0.2) is 17.9 Å². The van der Waals surface area contributed by atoms with Crippen LogP contribution in [-0.4, -0.2) is 14.3 Å². The van der Waals surface area contributed by atoms with E-state index in [0.29, 0.717) is 17.5 Å². The van der Waals surface area contributed by atoms with Crippen LogP contribution in [0.1, 0.15) is 33.5 Å². The Morgan fingerprint density at radius 2 is 2.00 bits per heavy atom. The van der Waals surface area contributed by atoms with Crippen LogP contribution in [0.5, 0.6) is 0 Å². The highest BCUT2D eigenvalue weighted by atomic mass is 32.2. The van der Waals surface area contributed by atoms with Crippen LogP contribution >= 0.6 is 0 Å². The van der Waals surface area contributed by atoms with Crippen molar-refractivity contribution < 1.29 is 17.6 Å². The lowest BCUT2D eigenvalue weighted by atomic mass is 10.1. The summed E-state index contributed by atoms with van der Waals surface area (Å²) in [6.07, 6.45) is 2.21. The number of hydrogen-bond donors (Lipinski definition) is 2. The van der Waals surface area contributed by atoms with Crippen molar-refractivity contribution in [2.75, 3.05) is 0 Å². The number of primary sulfonamides is 1. The van der Waals surface area contributed by atoms with Crippen LogP contribution in [-0.2, 0) is 29.4 Å². The summed E-state index contributed by atoms with van der Waals surface area (Å²) < 4.78 is 36.7. The largest absolute Gasteiger partial charge is 0.348 e. The number of aryl methyl sites for hydroxylation is 1. The van der Waals surface area contributed by atoms with Gasteiger partial charge < -0.3 is 5.32 Å². The first-order valence-corrected chi connectivity index (χ1v) is 9.10. The van der Waals surface area contributed by atoms with Gasteiger partial charge in [0, 0.05) is 12.1 Å². The number of benzene rings is 2. The van der Waals surface area contributed by atoms with Gasteiger partial charge in [-0.1, -0.05) is 12.1 Å². The lowest BCUT2D eigenvalue weighted by Crippen LogP contribution is -2.24. The molecule has 7 heteroatoms. The fraction of sp³-hybridized carbons (Fsp3) is 0.235. The molecular weight excluding hydrogens is 331 g/mol. The van der Waals surface area contributed by atoms with Gasteiger partial charge in [-0.2, -0.15) is 0 Å². The quantitative estimate of drug-likeness (QED) is 0.884. The van der Waals surface area contributed by atoms with Crippen LogP contribution < -0.4 is 10.5 Å². The highest BCUT2D eigenvalue weighted by Gasteiger charge is 2.23. The fourth-order valence-corrected chi connectivity index (χ4v) is 3.85. The van der Waals surface area contributed by atoms with Crippen LogP contribution in [0.25, 0.3) is 0 Å². The second-order valence-electron chi connectivity index (χ2n) is 5.82. The van der Waals surface area contributed by atoms with Gasteiger partial charge in [-0.05, 0) is 60.2 Å². The van der Waals surface area contributed by atoms with Crippen molar-refractivity contribution >= 4 is 15.9 Å². The third-order valence-electron chi connectivity index (χ3n) is 4.09. The molecule has 0 heterocycles. The Kier molecular flexibility index (Phi) is 4.38. The summed E-state index contributed by atoms with van der Waals surface area (Å²) in [5.74, 6) is -0.797. The molecule has 0 aromatic heterocycles. The number of carbonyl (C=O) groups is 1. The minimum absolute atomic E-state index is 0.0217. The van der Waals surface area contributed by atoms with Crippen LogP contribution in [0.15, 0.2) is 41.3 Å².